The molecule has 1 aromatic carbocycles. The van der Waals surface area contributed by atoms with Crippen LogP contribution in [0.3, 0.4) is 0 Å². The van der Waals surface area contributed by atoms with Crippen molar-refractivity contribution in [2.75, 3.05) is 25.5 Å². The van der Waals surface area contributed by atoms with Crippen molar-refractivity contribution in [1.29, 1.82) is 5.26 Å². The van der Waals surface area contributed by atoms with Crippen LogP contribution in [0.25, 0.3) is 11.1 Å². The summed E-state index contributed by atoms with van der Waals surface area (Å²) in [5.74, 6) is 1.60. The second-order valence-corrected chi connectivity index (χ2v) is 15.8. The number of aromatic nitrogens is 4. The first-order chi connectivity index (χ1) is 23.9. The number of nitrogens with zero attached hydrogens (tertiary/aromatic N) is 7. The highest BCUT2D eigenvalue weighted by molar-refractivity contribution is 8.00. The molecule has 264 valence electrons. The number of anilines is 1. The number of likely N-dealkylation sites (tertiary alicyclic amines) is 1. The minimum atomic E-state index is -0.192. The number of piperidine rings is 1. The highest BCUT2D eigenvalue weighted by Crippen LogP contribution is 2.33. The van der Waals surface area contributed by atoms with E-state index >= 15 is 0 Å². The average molecular weight is 717 g/mol. The molecule has 3 aromatic heterocycles. The van der Waals surface area contributed by atoms with E-state index in [0.29, 0.717) is 42.7 Å². The second-order valence-electron chi connectivity index (χ2n) is 13.5. The van der Waals surface area contributed by atoms with Gasteiger partial charge in [0.2, 0.25) is 23.6 Å². The van der Waals surface area contributed by atoms with Crippen LogP contribution in [0.4, 0.5) is 5.13 Å². The number of nitriles is 1. The molecule has 3 amide bonds. The molecule has 0 spiro atoms. The Morgan fingerprint density at radius 3 is 2.52 bits per heavy atom. The molecule has 4 heterocycles. The zero-order valence-corrected chi connectivity index (χ0v) is 30.9. The Hall–Kier alpha value is -4.48. The van der Waals surface area contributed by atoms with Crippen molar-refractivity contribution in [3.8, 4) is 17.2 Å². The fourth-order valence-corrected chi connectivity index (χ4v) is 7.53. The molecule has 0 bridgehead atoms. The summed E-state index contributed by atoms with van der Waals surface area (Å²) in [5, 5.41) is 16.9. The third-order valence-electron chi connectivity index (χ3n) is 8.78. The lowest BCUT2D eigenvalue weighted by Gasteiger charge is -2.31. The number of rotatable bonds is 13. The van der Waals surface area contributed by atoms with Crippen molar-refractivity contribution >= 4 is 46.0 Å². The summed E-state index contributed by atoms with van der Waals surface area (Å²) in [4.78, 5) is 50.7. The Labute approximate surface area is 301 Å². The molecule has 50 heavy (non-hydrogen) atoms. The lowest BCUT2D eigenvalue weighted by molar-refractivity contribution is -0.135. The van der Waals surface area contributed by atoms with Gasteiger partial charge in [-0.3, -0.25) is 19.1 Å². The van der Waals surface area contributed by atoms with E-state index in [0.717, 1.165) is 39.5 Å². The van der Waals surface area contributed by atoms with Gasteiger partial charge in [-0.2, -0.15) is 10.4 Å². The number of oxazole rings is 1. The van der Waals surface area contributed by atoms with Crippen molar-refractivity contribution in [1.82, 2.24) is 29.5 Å². The van der Waals surface area contributed by atoms with Gasteiger partial charge in [0.05, 0.1) is 40.7 Å². The monoisotopic (exact) mass is 716 g/mol. The Bertz CT molecular complexity index is 1810. The van der Waals surface area contributed by atoms with Crippen molar-refractivity contribution in [2.24, 2.45) is 5.92 Å². The molecule has 1 unspecified atom stereocenters. The van der Waals surface area contributed by atoms with Crippen molar-refractivity contribution in [2.45, 2.75) is 87.8 Å². The molecule has 0 saturated carbocycles. The number of nitrogens with one attached hydrogen (secondary N) is 1. The van der Waals surface area contributed by atoms with E-state index in [4.69, 9.17) is 9.68 Å². The van der Waals surface area contributed by atoms with Crippen molar-refractivity contribution in [3.63, 3.8) is 0 Å². The Morgan fingerprint density at radius 2 is 1.86 bits per heavy atom. The standard InChI is InChI=1S/C36H44N8O4S2/c1-6-7-28(42(5)31(45)12-15-37)25-10-8-24(9-11-25)27-18-40-44(21-27)22-32(46)43-16-13-26(14-17-43)34(47)41-35-39-20-33(50-35)49-23-30-38-19-29(48-30)36(2,3)4/h8-11,18-21,26,28H,6-7,12-14,16-17,22-23H2,1-5H3,(H,39,41,47). The molecule has 12 nitrogen and oxygen atoms in total. The van der Waals surface area contributed by atoms with Crippen LogP contribution < -0.4 is 5.32 Å². The number of carbonyl (C=O) groups excluding carboxylic acids is 3. The molecule has 14 heteroatoms. The Kier molecular flexibility index (Phi) is 12.1. The van der Waals surface area contributed by atoms with Gasteiger partial charge in [0.25, 0.3) is 0 Å². The van der Waals surface area contributed by atoms with E-state index in [1.165, 1.54) is 11.3 Å². The van der Waals surface area contributed by atoms with Gasteiger partial charge in [0.15, 0.2) is 5.13 Å². The summed E-state index contributed by atoms with van der Waals surface area (Å²) in [5.41, 5.74) is 2.75. The maximum atomic E-state index is 13.1. The number of amides is 3. The molecule has 5 rings (SSSR count). The van der Waals surface area contributed by atoms with E-state index in [2.05, 4.69) is 48.1 Å². The highest BCUT2D eigenvalue weighted by Gasteiger charge is 2.28. The summed E-state index contributed by atoms with van der Waals surface area (Å²) >= 11 is 2.99. The number of benzene rings is 1. The normalized spacial score (nSPS) is 14.3. The van der Waals surface area contributed by atoms with E-state index in [1.807, 2.05) is 36.5 Å². The molecule has 1 atom stereocenters. The molecular formula is C36H44N8O4S2. The Morgan fingerprint density at radius 1 is 1.12 bits per heavy atom. The minimum absolute atomic E-state index is 0.0383. The van der Waals surface area contributed by atoms with Crippen LogP contribution in [0.1, 0.15) is 83.1 Å². The molecule has 1 aliphatic heterocycles. The molecule has 1 fully saturated rings. The zero-order valence-electron chi connectivity index (χ0n) is 29.2. The SMILES string of the molecule is CCCC(c1ccc(-c2cnn(CC(=O)N3CCC(C(=O)Nc4ncc(SCc5ncc(C(C)(C)C)o5)s4)CC3)c2)cc1)N(C)C(=O)CC#N. The zero-order chi connectivity index (χ0) is 35.8. The van der Waals surface area contributed by atoms with Gasteiger partial charge in [-0.05, 0) is 30.4 Å². The van der Waals surface area contributed by atoms with Crippen LogP contribution in [0.15, 0.2) is 57.7 Å². The van der Waals surface area contributed by atoms with E-state index in [-0.39, 0.29) is 48.1 Å². The Balaban J connectivity index is 1.07. The first kappa shape index (κ1) is 36.8. The van der Waals surface area contributed by atoms with Crippen LogP contribution in [0.5, 0.6) is 0 Å². The number of thioether (sulfide) groups is 1. The number of hydrogen-bond acceptors (Lipinski definition) is 10. The van der Waals surface area contributed by atoms with Gasteiger partial charge in [-0.1, -0.05) is 69.7 Å². The van der Waals surface area contributed by atoms with E-state index in [9.17, 15) is 14.4 Å². The maximum absolute atomic E-state index is 13.1. The predicted octanol–water partition coefficient (Wildman–Crippen LogP) is 6.67. The first-order valence-corrected chi connectivity index (χ1v) is 18.6. The lowest BCUT2D eigenvalue weighted by atomic mass is 9.94. The van der Waals surface area contributed by atoms with Crippen LogP contribution in [0, 0.1) is 17.2 Å². The van der Waals surface area contributed by atoms with Gasteiger partial charge in [0.1, 0.15) is 18.7 Å². The summed E-state index contributed by atoms with van der Waals surface area (Å²) in [7, 11) is 1.75. The van der Waals surface area contributed by atoms with Gasteiger partial charge in [0, 0.05) is 43.2 Å². The smallest absolute Gasteiger partial charge is 0.244 e. The summed E-state index contributed by atoms with van der Waals surface area (Å²) in [6.07, 6.45) is 9.85. The van der Waals surface area contributed by atoms with Crippen molar-refractivity contribution in [3.05, 3.63) is 66.3 Å². The molecule has 0 radical (unpaired) electrons. The molecule has 1 N–H and O–H groups in total. The second kappa shape index (κ2) is 16.5. The van der Waals surface area contributed by atoms with Gasteiger partial charge < -0.3 is 19.5 Å². The molecule has 1 saturated heterocycles. The van der Waals surface area contributed by atoms with Crippen LogP contribution in [0.2, 0.25) is 0 Å². The van der Waals surface area contributed by atoms with Crippen LogP contribution >= 0.6 is 23.1 Å². The minimum Gasteiger partial charge on any atom is -0.444 e. The van der Waals surface area contributed by atoms with Crippen molar-refractivity contribution < 1.29 is 18.8 Å². The summed E-state index contributed by atoms with van der Waals surface area (Å²) in [6.45, 7) is 9.44. The van der Waals surface area contributed by atoms with Gasteiger partial charge in [-0.15, -0.1) is 11.8 Å². The lowest BCUT2D eigenvalue weighted by Crippen LogP contribution is -2.42. The topological polar surface area (TPSA) is 150 Å². The third-order valence-corrected chi connectivity index (χ3v) is 10.9. The third kappa shape index (κ3) is 9.39. The molecular weight excluding hydrogens is 673 g/mol. The largest absolute Gasteiger partial charge is 0.444 e. The van der Waals surface area contributed by atoms with E-state index in [1.54, 1.807) is 51.9 Å². The number of carbonyl (C=O) groups is 3. The van der Waals surface area contributed by atoms with E-state index < -0.39 is 0 Å². The van der Waals surface area contributed by atoms with Crippen LogP contribution in [-0.2, 0) is 32.1 Å². The molecule has 0 aliphatic carbocycles. The molecule has 1 aliphatic rings. The van der Waals surface area contributed by atoms with Crippen LogP contribution in [-0.4, -0.2) is 67.4 Å². The highest BCUT2D eigenvalue weighted by atomic mass is 32.2. The number of hydrogen-bond donors (Lipinski definition) is 1. The molecule has 4 aromatic rings. The maximum Gasteiger partial charge on any atom is 0.244 e. The predicted molar refractivity (Wildman–Crippen MR) is 193 cm³/mol. The number of thiazole rings is 1. The first-order valence-electron chi connectivity index (χ1n) is 16.8. The summed E-state index contributed by atoms with van der Waals surface area (Å²) < 4.78 is 8.47. The van der Waals surface area contributed by atoms with Gasteiger partial charge >= 0.3 is 0 Å². The fourth-order valence-electron chi connectivity index (χ4n) is 5.80. The summed E-state index contributed by atoms with van der Waals surface area (Å²) in [6, 6.07) is 9.83. The fraction of sp³-hybridized carbons (Fsp3) is 0.472. The van der Waals surface area contributed by atoms with Gasteiger partial charge in [-0.25, -0.2) is 9.97 Å². The average Bonchev–Trinajstić information content (AvgIpc) is 3.88. The quantitative estimate of drug-likeness (QED) is 0.150.